The lowest BCUT2D eigenvalue weighted by Gasteiger charge is -2.60. The van der Waals surface area contributed by atoms with E-state index < -0.39 is 11.4 Å². The van der Waals surface area contributed by atoms with Gasteiger partial charge in [-0.05, 0) is 68.6 Å². The van der Waals surface area contributed by atoms with Crippen LogP contribution in [-0.2, 0) is 18.9 Å². The maximum absolute atomic E-state index is 12.0. The first-order valence-electron chi connectivity index (χ1n) is 12.2. The van der Waals surface area contributed by atoms with Crippen molar-refractivity contribution >= 4 is 0 Å². The molecule has 0 amide bonds. The highest BCUT2D eigenvalue weighted by Gasteiger charge is 2.70. The van der Waals surface area contributed by atoms with E-state index >= 15 is 0 Å². The zero-order valence-corrected chi connectivity index (χ0v) is 18.9. The van der Waals surface area contributed by atoms with Gasteiger partial charge in [0.2, 0.25) is 0 Å². The van der Waals surface area contributed by atoms with E-state index in [1.165, 1.54) is 6.42 Å². The molecule has 0 aromatic rings. The lowest BCUT2D eigenvalue weighted by molar-refractivity contribution is -0.299. The Morgan fingerprint density at radius 3 is 2.23 bits per heavy atom. The molecule has 0 bridgehead atoms. The van der Waals surface area contributed by atoms with Crippen molar-refractivity contribution in [2.24, 2.45) is 28.6 Å². The van der Waals surface area contributed by atoms with Crippen molar-refractivity contribution in [3.8, 4) is 0 Å². The summed E-state index contributed by atoms with van der Waals surface area (Å²) in [6.45, 7) is 9.45. The van der Waals surface area contributed by atoms with E-state index in [0.717, 1.165) is 58.2 Å². The summed E-state index contributed by atoms with van der Waals surface area (Å²) in [7, 11) is 0. The third-order valence-corrected chi connectivity index (χ3v) is 10.7. The molecule has 1 spiro atoms. The Hall–Kier alpha value is -0.460. The van der Waals surface area contributed by atoms with E-state index in [0.29, 0.717) is 31.0 Å². The number of hydrogen-bond acceptors (Lipinski definition) is 5. The summed E-state index contributed by atoms with van der Waals surface area (Å²) in [5, 5.41) is 12.0. The summed E-state index contributed by atoms with van der Waals surface area (Å²) in [4.78, 5) is 0. The maximum Gasteiger partial charge on any atom is 0.195 e. The Bertz CT molecular complexity index is 751. The molecule has 6 aliphatic rings. The predicted molar refractivity (Wildman–Crippen MR) is 112 cm³/mol. The van der Waals surface area contributed by atoms with Crippen LogP contribution in [0.3, 0.4) is 0 Å². The molecule has 3 saturated carbocycles. The van der Waals surface area contributed by atoms with Crippen LogP contribution in [0.2, 0.25) is 0 Å². The van der Waals surface area contributed by atoms with Crippen LogP contribution in [0, 0.1) is 28.6 Å². The standard InChI is InChI=1S/C25H38O5/c1-21-10-11-24(29-14-15-30-24)16-17(21)4-5-18-19(21)6-8-22(2)20(18)7-9-25(22,26)23(3)27-12-13-28-23/h4,18-20,26H,5-16H2,1-3H3/t18-,19?,20?,21+,22+,25?/m1/s1. The van der Waals surface area contributed by atoms with Crippen molar-refractivity contribution in [3.63, 3.8) is 0 Å². The Kier molecular flexibility index (Phi) is 4.25. The maximum atomic E-state index is 12.0. The van der Waals surface area contributed by atoms with Crippen LogP contribution in [0.5, 0.6) is 0 Å². The normalized spacial score (nSPS) is 51.3. The van der Waals surface area contributed by atoms with Crippen molar-refractivity contribution in [3.05, 3.63) is 11.6 Å². The predicted octanol–water partition coefficient (Wildman–Crippen LogP) is 4.19. The van der Waals surface area contributed by atoms with Gasteiger partial charge in [-0.3, -0.25) is 0 Å². The van der Waals surface area contributed by atoms with Crippen LogP contribution in [0.15, 0.2) is 11.6 Å². The minimum atomic E-state index is -0.904. The number of fused-ring (bicyclic) bond motifs is 5. The molecule has 1 N–H and O–H groups in total. The molecular weight excluding hydrogens is 380 g/mol. The van der Waals surface area contributed by atoms with Gasteiger partial charge in [-0.25, -0.2) is 0 Å². The van der Waals surface area contributed by atoms with Crippen molar-refractivity contribution in [2.45, 2.75) is 89.3 Å². The molecule has 5 heteroatoms. The van der Waals surface area contributed by atoms with Gasteiger partial charge in [0.25, 0.3) is 0 Å². The molecule has 0 aromatic carbocycles. The van der Waals surface area contributed by atoms with Crippen molar-refractivity contribution in [1.82, 2.24) is 0 Å². The van der Waals surface area contributed by atoms with Gasteiger partial charge in [0.15, 0.2) is 11.6 Å². The monoisotopic (exact) mass is 418 g/mol. The molecule has 2 saturated heterocycles. The third-order valence-electron chi connectivity index (χ3n) is 10.7. The van der Waals surface area contributed by atoms with Gasteiger partial charge < -0.3 is 24.1 Å². The number of rotatable bonds is 1. The zero-order chi connectivity index (χ0) is 20.8. The van der Waals surface area contributed by atoms with Crippen LogP contribution in [0.4, 0.5) is 0 Å². The highest BCUT2D eigenvalue weighted by Crippen LogP contribution is 2.69. The molecule has 6 rings (SSSR count). The summed E-state index contributed by atoms with van der Waals surface area (Å²) in [6, 6.07) is 0. The summed E-state index contributed by atoms with van der Waals surface area (Å²) in [5.41, 5.74) is 0.764. The zero-order valence-electron chi connectivity index (χ0n) is 18.9. The topological polar surface area (TPSA) is 57.2 Å². The van der Waals surface area contributed by atoms with Gasteiger partial charge >= 0.3 is 0 Å². The van der Waals surface area contributed by atoms with Crippen LogP contribution in [-0.4, -0.2) is 48.7 Å². The largest absolute Gasteiger partial charge is 0.384 e. The Morgan fingerprint density at radius 1 is 0.833 bits per heavy atom. The molecule has 5 nitrogen and oxygen atoms in total. The van der Waals surface area contributed by atoms with Crippen LogP contribution < -0.4 is 0 Å². The first-order valence-corrected chi connectivity index (χ1v) is 12.2. The molecule has 168 valence electrons. The number of aliphatic hydroxyl groups is 1. The fourth-order valence-corrected chi connectivity index (χ4v) is 8.86. The second-order valence-electron chi connectivity index (χ2n) is 11.5. The smallest absolute Gasteiger partial charge is 0.195 e. The minimum absolute atomic E-state index is 0.150. The lowest BCUT2D eigenvalue weighted by Crippen LogP contribution is -2.63. The number of allylic oxidation sites excluding steroid dienone is 1. The molecule has 30 heavy (non-hydrogen) atoms. The van der Waals surface area contributed by atoms with Gasteiger partial charge in [0.1, 0.15) is 5.60 Å². The Morgan fingerprint density at radius 2 is 1.50 bits per heavy atom. The molecule has 0 aromatic heterocycles. The van der Waals surface area contributed by atoms with Gasteiger partial charge in [-0.2, -0.15) is 0 Å². The molecule has 5 fully saturated rings. The van der Waals surface area contributed by atoms with Gasteiger partial charge in [0.05, 0.1) is 26.4 Å². The molecular formula is C25H38O5. The molecule has 4 aliphatic carbocycles. The summed E-state index contributed by atoms with van der Waals surface area (Å²) >= 11 is 0. The second kappa shape index (κ2) is 6.32. The van der Waals surface area contributed by atoms with E-state index in [4.69, 9.17) is 18.9 Å². The van der Waals surface area contributed by atoms with Gasteiger partial charge in [0, 0.05) is 18.3 Å². The van der Waals surface area contributed by atoms with Crippen molar-refractivity contribution in [2.75, 3.05) is 26.4 Å². The minimum Gasteiger partial charge on any atom is -0.384 e. The van der Waals surface area contributed by atoms with E-state index in [9.17, 15) is 5.11 Å². The SMILES string of the molecule is CC1(C2(O)CCC3[C@@H]4CC=C5CC6(CC[C@]5(C)C4CC[C@@]32C)OCCO6)OCCO1. The Balaban J connectivity index is 1.31. The first-order chi connectivity index (χ1) is 14.3. The lowest BCUT2D eigenvalue weighted by atomic mass is 9.46. The van der Waals surface area contributed by atoms with Crippen molar-refractivity contribution < 1.29 is 24.1 Å². The van der Waals surface area contributed by atoms with E-state index in [-0.39, 0.29) is 16.6 Å². The molecule has 2 aliphatic heterocycles. The van der Waals surface area contributed by atoms with E-state index in [1.54, 1.807) is 5.57 Å². The van der Waals surface area contributed by atoms with Crippen LogP contribution in [0.25, 0.3) is 0 Å². The first kappa shape index (κ1) is 20.2. The quantitative estimate of drug-likeness (QED) is 0.647. The average Bonchev–Trinajstić information content (AvgIpc) is 3.43. The second-order valence-corrected chi connectivity index (χ2v) is 11.5. The molecule has 2 heterocycles. The van der Waals surface area contributed by atoms with Crippen LogP contribution >= 0.6 is 0 Å². The van der Waals surface area contributed by atoms with E-state index in [2.05, 4.69) is 19.9 Å². The fourth-order valence-electron chi connectivity index (χ4n) is 8.86. The molecule has 3 unspecified atom stereocenters. The number of hydrogen-bond donors (Lipinski definition) is 1. The van der Waals surface area contributed by atoms with Crippen molar-refractivity contribution in [1.29, 1.82) is 0 Å². The highest BCUT2D eigenvalue weighted by molar-refractivity contribution is 5.28. The molecule has 0 radical (unpaired) electrons. The summed E-state index contributed by atoms with van der Waals surface area (Å²) in [5.74, 6) is 0.638. The Labute approximate surface area is 180 Å². The summed E-state index contributed by atoms with van der Waals surface area (Å²) in [6.07, 6.45) is 10.8. The fraction of sp³-hybridized carbons (Fsp3) is 0.920. The highest BCUT2D eigenvalue weighted by atomic mass is 16.8. The average molecular weight is 419 g/mol. The molecule has 6 atom stereocenters. The van der Waals surface area contributed by atoms with E-state index in [1.807, 2.05) is 6.92 Å². The number of ether oxygens (including phenoxy) is 4. The third kappa shape index (κ3) is 2.37. The van der Waals surface area contributed by atoms with Crippen LogP contribution in [0.1, 0.15) is 72.1 Å². The summed E-state index contributed by atoms with van der Waals surface area (Å²) < 4.78 is 24.2. The van der Waals surface area contributed by atoms with Gasteiger partial charge in [-0.1, -0.05) is 25.5 Å². The van der Waals surface area contributed by atoms with Gasteiger partial charge in [-0.15, -0.1) is 0 Å².